The van der Waals surface area contributed by atoms with Crippen molar-refractivity contribution in [2.45, 2.75) is 45.7 Å². The summed E-state index contributed by atoms with van der Waals surface area (Å²) in [6.45, 7) is 8.24. The summed E-state index contributed by atoms with van der Waals surface area (Å²) < 4.78 is 13.5. The van der Waals surface area contributed by atoms with Gasteiger partial charge in [0.1, 0.15) is 17.1 Å². The topological polar surface area (TPSA) is 36.3 Å². The number of ether oxygens (including phenoxy) is 2. The molecule has 0 bridgehead atoms. The number of halogens is 1. The first-order valence-electron chi connectivity index (χ1n) is 7.45. The quantitative estimate of drug-likeness (QED) is 0.692. The minimum Gasteiger partial charge on any atom is -0.491 e. The van der Waals surface area contributed by atoms with Crippen molar-refractivity contribution >= 4 is 22.6 Å². The van der Waals surface area contributed by atoms with Gasteiger partial charge in [-0.15, -0.1) is 11.6 Å². The van der Waals surface area contributed by atoms with Gasteiger partial charge in [-0.25, -0.2) is 4.98 Å². The zero-order valence-corrected chi connectivity index (χ0v) is 13.7. The van der Waals surface area contributed by atoms with Gasteiger partial charge >= 0.3 is 0 Å². The second kappa shape index (κ2) is 7.66. The monoisotopic (exact) mass is 310 g/mol. The fraction of sp³-hybridized carbons (Fsp3) is 0.562. The number of aromatic nitrogens is 2. The second-order valence-corrected chi connectivity index (χ2v) is 5.47. The van der Waals surface area contributed by atoms with E-state index in [0.717, 1.165) is 35.6 Å². The molecule has 0 radical (unpaired) electrons. The van der Waals surface area contributed by atoms with Crippen molar-refractivity contribution in [3.8, 4) is 5.75 Å². The van der Waals surface area contributed by atoms with Gasteiger partial charge in [-0.1, -0.05) is 13.0 Å². The third kappa shape index (κ3) is 3.89. The van der Waals surface area contributed by atoms with Gasteiger partial charge in [-0.3, -0.25) is 0 Å². The van der Waals surface area contributed by atoms with Crippen molar-refractivity contribution in [2.24, 2.45) is 0 Å². The molecule has 0 fully saturated rings. The van der Waals surface area contributed by atoms with Crippen molar-refractivity contribution in [1.29, 1.82) is 0 Å². The number of benzene rings is 1. The van der Waals surface area contributed by atoms with E-state index in [1.165, 1.54) is 0 Å². The van der Waals surface area contributed by atoms with Crippen molar-refractivity contribution in [2.75, 3.05) is 13.2 Å². The molecule has 2 rings (SSSR count). The highest BCUT2D eigenvalue weighted by Crippen LogP contribution is 2.27. The van der Waals surface area contributed by atoms with E-state index in [1.807, 2.05) is 32.0 Å². The van der Waals surface area contributed by atoms with Gasteiger partial charge in [0, 0.05) is 6.54 Å². The summed E-state index contributed by atoms with van der Waals surface area (Å²) in [5.74, 6) is 2.06. The Morgan fingerprint density at radius 1 is 1.29 bits per heavy atom. The Bertz CT molecular complexity index is 581. The number of alkyl halides is 1. The van der Waals surface area contributed by atoms with Crippen LogP contribution in [0.5, 0.6) is 5.75 Å². The third-order valence-electron chi connectivity index (χ3n) is 3.17. The van der Waals surface area contributed by atoms with Crippen LogP contribution in [0.3, 0.4) is 0 Å². The summed E-state index contributed by atoms with van der Waals surface area (Å²) in [6.07, 6.45) is 1.20. The smallest absolute Gasteiger partial charge is 0.147 e. The first-order valence-corrected chi connectivity index (χ1v) is 7.99. The van der Waals surface area contributed by atoms with Crippen LogP contribution in [0.4, 0.5) is 0 Å². The maximum absolute atomic E-state index is 6.04. The summed E-state index contributed by atoms with van der Waals surface area (Å²) in [5.41, 5.74) is 1.93. The van der Waals surface area contributed by atoms with Crippen LogP contribution in [0, 0.1) is 0 Å². The molecule has 0 aliphatic carbocycles. The molecule has 2 aromatic rings. The van der Waals surface area contributed by atoms with Gasteiger partial charge in [-0.2, -0.15) is 0 Å². The van der Waals surface area contributed by atoms with Crippen LogP contribution in [0.2, 0.25) is 0 Å². The Morgan fingerprint density at radius 2 is 2.10 bits per heavy atom. The van der Waals surface area contributed by atoms with Crippen molar-refractivity contribution in [1.82, 2.24) is 9.55 Å². The van der Waals surface area contributed by atoms with E-state index < -0.39 is 0 Å². The molecular formula is C16H23ClN2O2. The Balaban J connectivity index is 2.30. The van der Waals surface area contributed by atoms with E-state index >= 15 is 0 Å². The number of imidazole rings is 1. The second-order valence-electron chi connectivity index (χ2n) is 5.21. The van der Waals surface area contributed by atoms with Gasteiger partial charge < -0.3 is 14.0 Å². The van der Waals surface area contributed by atoms with Gasteiger partial charge in [0.2, 0.25) is 0 Å². The largest absolute Gasteiger partial charge is 0.491 e. The summed E-state index contributed by atoms with van der Waals surface area (Å²) in [6, 6.07) is 6.00. The summed E-state index contributed by atoms with van der Waals surface area (Å²) in [7, 11) is 0. The first-order chi connectivity index (χ1) is 10.2. The lowest BCUT2D eigenvalue weighted by atomic mass is 10.3. The maximum atomic E-state index is 6.04. The number of rotatable bonds is 8. The molecule has 0 atom stereocenters. The number of nitrogens with zero attached hydrogens (tertiary/aromatic N) is 2. The first kappa shape index (κ1) is 16.1. The van der Waals surface area contributed by atoms with E-state index in [0.29, 0.717) is 19.1 Å². The molecule has 0 aliphatic heterocycles. The van der Waals surface area contributed by atoms with Crippen molar-refractivity contribution < 1.29 is 9.47 Å². The number of hydrogen-bond acceptors (Lipinski definition) is 3. The summed E-state index contributed by atoms with van der Waals surface area (Å²) >= 11 is 6.04. The minimum atomic E-state index is 0.225. The third-order valence-corrected chi connectivity index (χ3v) is 3.41. The lowest BCUT2D eigenvalue weighted by Gasteiger charge is -2.11. The van der Waals surface area contributed by atoms with Gasteiger partial charge in [-0.05, 0) is 32.4 Å². The molecule has 0 N–H and O–H groups in total. The highest BCUT2D eigenvalue weighted by Gasteiger charge is 2.13. The number of fused-ring (bicyclic) bond motifs is 1. The van der Waals surface area contributed by atoms with Crippen LogP contribution >= 0.6 is 11.6 Å². The maximum Gasteiger partial charge on any atom is 0.147 e. The Kier molecular flexibility index (Phi) is 5.88. The van der Waals surface area contributed by atoms with E-state index in [4.69, 9.17) is 21.1 Å². The van der Waals surface area contributed by atoms with Crippen LogP contribution in [0.15, 0.2) is 18.2 Å². The molecule has 5 heteroatoms. The van der Waals surface area contributed by atoms with E-state index in [9.17, 15) is 0 Å². The molecule has 0 saturated carbocycles. The Labute approximate surface area is 131 Å². The van der Waals surface area contributed by atoms with Crippen LogP contribution in [-0.4, -0.2) is 28.9 Å². The van der Waals surface area contributed by atoms with Crippen molar-refractivity contribution in [3.05, 3.63) is 24.0 Å². The van der Waals surface area contributed by atoms with Gasteiger partial charge in [0.25, 0.3) is 0 Å². The zero-order chi connectivity index (χ0) is 15.2. The lowest BCUT2D eigenvalue weighted by molar-refractivity contribution is 0.0729. The molecule has 1 aromatic carbocycles. The fourth-order valence-electron chi connectivity index (χ4n) is 2.23. The SMILES string of the molecule is CCCOc1cccc2c1nc(CCl)n2CCOC(C)C. The van der Waals surface area contributed by atoms with Gasteiger partial charge in [0.05, 0.1) is 30.7 Å². The predicted molar refractivity (Wildman–Crippen MR) is 86.2 cm³/mol. The molecule has 0 spiro atoms. The van der Waals surface area contributed by atoms with Crippen LogP contribution in [0.25, 0.3) is 11.0 Å². The van der Waals surface area contributed by atoms with E-state index in [1.54, 1.807) is 0 Å². The Morgan fingerprint density at radius 3 is 2.76 bits per heavy atom. The predicted octanol–water partition coefficient (Wildman–Crippen LogP) is 3.99. The molecule has 1 aromatic heterocycles. The summed E-state index contributed by atoms with van der Waals surface area (Å²) in [5, 5.41) is 0. The van der Waals surface area contributed by atoms with Crippen molar-refractivity contribution in [3.63, 3.8) is 0 Å². The molecule has 0 amide bonds. The fourth-order valence-corrected chi connectivity index (χ4v) is 2.43. The van der Waals surface area contributed by atoms with E-state index in [-0.39, 0.29) is 6.10 Å². The standard InChI is InChI=1S/C16H23ClN2O2/c1-4-9-21-14-7-5-6-13-16(14)18-15(11-17)19(13)8-10-20-12(2)3/h5-7,12H,4,8-11H2,1-3H3. The highest BCUT2D eigenvalue weighted by atomic mass is 35.5. The minimum absolute atomic E-state index is 0.225. The lowest BCUT2D eigenvalue weighted by Crippen LogP contribution is -2.12. The average Bonchev–Trinajstić information content (AvgIpc) is 2.83. The number of para-hydroxylation sites is 1. The molecule has 116 valence electrons. The molecular weight excluding hydrogens is 288 g/mol. The molecule has 0 aliphatic rings. The van der Waals surface area contributed by atoms with Crippen LogP contribution in [0.1, 0.15) is 33.0 Å². The number of hydrogen-bond donors (Lipinski definition) is 0. The summed E-state index contributed by atoms with van der Waals surface area (Å²) in [4.78, 5) is 4.63. The molecule has 0 saturated heterocycles. The van der Waals surface area contributed by atoms with Crippen LogP contribution < -0.4 is 4.74 Å². The average molecular weight is 311 g/mol. The Hall–Kier alpha value is -1.26. The highest BCUT2D eigenvalue weighted by molar-refractivity contribution is 6.16. The molecule has 4 nitrogen and oxygen atoms in total. The molecule has 0 unspecified atom stereocenters. The normalized spacial score (nSPS) is 11.5. The van der Waals surface area contributed by atoms with E-state index in [2.05, 4.69) is 16.5 Å². The molecule has 21 heavy (non-hydrogen) atoms. The molecule has 1 heterocycles. The van der Waals surface area contributed by atoms with Crippen LogP contribution in [-0.2, 0) is 17.2 Å². The van der Waals surface area contributed by atoms with Gasteiger partial charge in [0.15, 0.2) is 0 Å². The zero-order valence-electron chi connectivity index (χ0n) is 12.9.